The highest BCUT2D eigenvalue weighted by atomic mass is 19.3. The molecule has 0 atom stereocenters. The zero-order valence-electron chi connectivity index (χ0n) is 13.3. The molecule has 2 rings (SSSR count). The normalized spacial score (nSPS) is 20.6. The minimum absolute atomic E-state index is 0.113. The number of amides is 2. The fraction of sp³-hybridized carbons (Fsp3) is 0.529. The summed E-state index contributed by atoms with van der Waals surface area (Å²) in [5.74, 6) is -1.19. The molecule has 1 fully saturated rings. The van der Waals surface area contributed by atoms with Crippen LogP contribution in [0.5, 0.6) is 0 Å². The predicted molar refractivity (Wildman–Crippen MR) is 84.8 cm³/mol. The van der Waals surface area contributed by atoms with Crippen LogP contribution in [0.4, 0.5) is 13.6 Å². The van der Waals surface area contributed by atoms with Crippen molar-refractivity contribution in [3.8, 4) is 0 Å². The van der Waals surface area contributed by atoms with Crippen molar-refractivity contribution in [2.24, 2.45) is 5.92 Å². The van der Waals surface area contributed by atoms with E-state index in [0.717, 1.165) is 10.5 Å². The first-order valence-electron chi connectivity index (χ1n) is 8.06. The van der Waals surface area contributed by atoms with E-state index in [-0.39, 0.29) is 18.5 Å². The van der Waals surface area contributed by atoms with E-state index in [0.29, 0.717) is 25.7 Å². The van der Waals surface area contributed by atoms with Gasteiger partial charge in [0.05, 0.1) is 12.5 Å². The van der Waals surface area contributed by atoms with Gasteiger partial charge in [0.2, 0.25) is 0 Å². The number of halogens is 2. The topological polar surface area (TPSA) is 69.6 Å². The second kappa shape index (κ2) is 8.61. The Labute approximate surface area is 139 Å². The number of rotatable bonds is 6. The average molecular weight is 340 g/mol. The largest absolute Gasteiger partial charge is 0.481 e. The maximum absolute atomic E-state index is 12.8. The smallest absolute Gasteiger partial charge is 0.318 e. The van der Waals surface area contributed by atoms with Crippen molar-refractivity contribution >= 4 is 12.0 Å². The SMILES string of the molecule is O=C(O)C1CCC(NC(=O)N(Cc2ccccc2)CC(F)F)CC1. The number of hydrogen-bond donors (Lipinski definition) is 2. The van der Waals surface area contributed by atoms with Gasteiger partial charge in [0.1, 0.15) is 0 Å². The predicted octanol–water partition coefficient (Wildman–Crippen LogP) is 3.11. The number of hydrogen-bond acceptors (Lipinski definition) is 2. The molecule has 1 aromatic rings. The van der Waals surface area contributed by atoms with Crippen LogP contribution in [0.3, 0.4) is 0 Å². The molecule has 0 heterocycles. The summed E-state index contributed by atoms with van der Waals surface area (Å²) in [6.45, 7) is -0.521. The summed E-state index contributed by atoms with van der Waals surface area (Å²) in [5, 5.41) is 11.7. The molecule has 0 saturated heterocycles. The number of carboxylic acid groups (broad SMARTS) is 1. The first kappa shape index (κ1) is 18.2. The lowest BCUT2D eigenvalue weighted by Crippen LogP contribution is -2.47. The second-order valence-electron chi connectivity index (χ2n) is 6.09. The van der Waals surface area contributed by atoms with E-state index in [1.54, 1.807) is 24.3 Å². The zero-order chi connectivity index (χ0) is 17.5. The summed E-state index contributed by atoms with van der Waals surface area (Å²) in [6, 6.07) is 8.28. The molecule has 1 aliphatic carbocycles. The third kappa shape index (κ3) is 5.47. The van der Waals surface area contributed by atoms with E-state index >= 15 is 0 Å². The second-order valence-corrected chi connectivity index (χ2v) is 6.09. The van der Waals surface area contributed by atoms with Crippen molar-refractivity contribution in [1.29, 1.82) is 0 Å². The third-order valence-corrected chi connectivity index (χ3v) is 4.27. The standard InChI is InChI=1S/C17H22F2N2O3/c18-15(19)11-21(10-12-4-2-1-3-5-12)17(24)20-14-8-6-13(7-9-14)16(22)23/h1-5,13-15H,6-11H2,(H,20,24)(H,22,23). The van der Waals surface area contributed by atoms with Crippen LogP contribution < -0.4 is 5.32 Å². The minimum Gasteiger partial charge on any atom is -0.481 e. The highest BCUT2D eigenvalue weighted by Crippen LogP contribution is 2.24. The number of nitrogens with zero attached hydrogens (tertiary/aromatic N) is 1. The van der Waals surface area contributed by atoms with Crippen LogP contribution in [0.1, 0.15) is 31.2 Å². The van der Waals surface area contributed by atoms with E-state index in [1.165, 1.54) is 0 Å². The van der Waals surface area contributed by atoms with E-state index in [2.05, 4.69) is 5.32 Å². The van der Waals surface area contributed by atoms with Gasteiger partial charge in [-0.1, -0.05) is 30.3 Å². The Balaban J connectivity index is 1.92. The molecule has 0 spiro atoms. The van der Waals surface area contributed by atoms with Crippen LogP contribution >= 0.6 is 0 Å². The summed E-state index contributed by atoms with van der Waals surface area (Å²) in [7, 11) is 0. The van der Waals surface area contributed by atoms with Gasteiger partial charge >= 0.3 is 12.0 Å². The van der Waals surface area contributed by atoms with Gasteiger partial charge in [-0.3, -0.25) is 4.79 Å². The maximum atomic E-state index is 12.8. The molecule has 0 aromatic heterocycles. The molecule has 0 unspecified atom stereocenters. The number of carbonyl (C=O) groups is 2. The highest BCUT2D eigenvalue weighted by molar-refractivity contribution is 5.74. The van der Waals surface area contributed by atoms with Crippen LogP contribution in [0.2, 0.25) is 0 Å². The van der Waals surface area contributed by atoms with Crippen molar-refractivity contribution in [2.75, 3.05) is 6.54 Å². The molecule has 1 saturated carbocycles. The molecule has 0 bridgehead atoms. The highest BCUT2D eigenvalue weighted by Gasteiger charge is 2.28. The fourth-order valence-electron chi connectivity index (χ4n) is 2.94. The van der Waals surface area contributed by atoms with Crippen LogP contribution in [0.15, 0.2) is 30.3 Å². The van der Waals surface area contributed by atoms with Gasteiger partial charge in [-0.15, -0.1) is 0 Å². The maximum Gasteiger partial charge on any atom is 0.318 e. The fourth-order valence-corrected chi connectivity index (χ4v) is 2.94. The first-order valence-corrected chi connectivity index (χ1v) is 8.06. The lowest BCUT2D eigenvalue weighted by Gasteiger charge is -2.30. The molecular weight excluding hydrogens is 318 g/mol. The Hall–Kier alpha value is -2.18. The third-order valence-electron chi connectivity index (χ3n) is 4.27. The van der Waals surface area contributed by atoms with E-state index in [9.17, 15) is 18.4 Å². The number of nitrogens with one attached hydrogen (secondary N) is 1. The molecule has 1 aromatic carbocycles. The van der Waals surface area contributed by atoms with Gasteiger partial charge < -0.3 is 15.3 Å². The van der Waals surface area contributed by atoms with E-state index in [4.69, 9.17) is 5.11 Å². The van der Waals surface area contributed by atoms with Crippen molar-refractivity contribution in [1.82, 2.24) is 10.2 Å². The average Bonchev–Trinajstić information content (AvgIpc) is 2.55. The van der Waals surface area contributed by atoms with Crippen molar-refractivity contribution in [3.05, 3.63) is 35.9 Å². The Morgan fingerprint density at radius 3 is 2.33 bits per heavy atom. The van der Waals surface area contributed by atoms with Crippen molar-refractivity contribution in [3.63, 3.8) is 0 Å². The minimum atomic E-state index is -2.61. The molecule has 1 aliphatic rings. The molecule has 0 aliphatic heterocycles. The quantitative estimate of drug-likeness (QED) is 0.836. The summed E-state index contributed by atoms with van der Waals surface area (Å²) in [4.78, 5) is 24.4. The molecule has 2 amide bonds. The summed E-state index contributed by atoms with van der Waals surface area (Å²) >= 11 is 0. The number of urea groups is 1. The van der Waals surface area contributed by atoms with Gasteiger partial charge in [0.25, 0.3) is 6.43 Å². The van der Waals surface area contributed by atoms with Crippen molar-refractivity contribution in [2.45, 2.75) is 44.7 Å². The Bertz CT molecular complexity index is 546. The van der Waals surface area contributed by atoms with Gasteiger partial charge in [-0.25, -0.2) is 13.6 Å². The summed E-state index contributed by atoms with van der Waals surface area (Å²) < 4.78 is 25.6. The van der Waals surface area contributed by atoms with Crippen LogP contribution in [-0.2, 0) is 11.3 Å². The zero-order valence-corrected chi connectivity index (χ0v) is 13.3. The summed E-state index contributed by atoms with van der Waals surface area (Å²) in [6.07, 6.45) is -0.517. The summed E-state index contributed by atoms with van der Waals surface area (Å²) in [5.41, 5.74) is 0.780. The van der Waals surface area contributed by atoms with Gasteiger partial charge in [-0.05, 0) is 31.2 Å². The van der Waals surface area contributed by atoms with Crippen LogP contribution in [-0.4, -0.2) is 41.0 Å². The van der Waals surface area contributed by atoms with Crippen LogP contribution in [0, 0.1) is 5.92 Å². The van der Waals surface area contributed by atoms with Crippen molar-refractivity contribution < 1.29 is 23.5 Å². The lowest BCUT2D eigenvalue weighted by atomic mass is 9.86. The number of carbonyl (C=O) groups excluding carboxylic acids is 1. The number of benzene rings is 1. The molecule has 5 nitrogen and oxygen atoms in total. The van der Waals surface area contributed by atoms with E-state index < -0.39 is 25.0 Å². The Morgan fingerprint density at radius 1 is 1.17 bits per heavy atom. The molecule has 7 heteroatoms. The molecule has 24 heavy (non-hydrogen) atoms. The van der Waals surface area contributed by atoms with Gasteiger partial charge in [0.15, 0.2) is 0 Å². The van der Waals surface area contributed by atoms with Crippen LogP contribution in [0.25, 0.3) is 0 Å². The molecule has 2 N–H and O–H groups in total. The van der Waals surface area contributed by atoms with Gasteiger partial charge in [-0.2, -0.15) is 0 Å². The molecular formula is C17H22F2N2O3. The van der Waals surface area contributed by atoms with E-state index in [1.807, 2.05) is 6.07 Å². The number of aliphatic carboxylic acids is 1. The lowest BCUT2D eigenvalue weighted by molar-refractivity contribution is -0.142. The molecule has 0 radical (unpaired) electrons. The van der Waals surface area contributed by atoms with Gasteiger partial charge in [0, 0.05) is 12.6 Å². The number of alkyl halides is 2. The molecule has 132 valence electrons. The Morgan fingerprint density at radius 2 is 1.79 bits per heavy atom. The first-order chi connectivity index (χ1) is 11.5. The monoisotopic (exact) mass is 340 g/mol. The Kier molecular flexibility index (Phi) is 6.52. The number of carboxylic acids is 1.